The summed E-state index contributed by atoms with van der Waals surface area (Å²) in [6.07, 6.45) is -5.09. The van der Waals surface area contributed by atoms with Crippen LogP contribution in [0, 0.1) is 28.6 Å². The van der Waals surface area contributed by atoms with E-state index < -0.39 is 40.5 Å². The Labute approximate surface area is 196 Å². The van der Waals surface area contributed by atoms with Gasteiger partial charge in [0.15, 0.2) is 0 Å². The Hall–Kier alpha value is -2.50. The highest BCUT2D eigenvalue weighted by molar-refractivity contribution is 9.10. The minimum absolute atomic E-state index is 0.384. The van der Waals surface area contributed by atoms with Crippen LogP contribution in [0.5, 0.6) is 11.5 Å². The van der Waals surface area contributed by atoms with Gasteiger partial charge in [0, 0.05) is 10.0 Å². The highest BCUT2D eigenvalue weighted by atomic mass is 79.9. The van der Waals surface area contributed by atoms with Crippen LogP contribution < -0.4 is 4.74 Å². The summed E-state index contributed by atoms with van der Waals surface area (Å²) < 4.78 is 50.2. The van der Waals surface area contributed by atoms with Crippen molar-refractivity contribution >= 4 is 33.5 Å². The molecule has 1 unspecified atom stereocenters. The molecule has 3 rings (SSSR count). The van der Waals surface area contributed by atoms with Crippen LogP contribution in [0.1, 0.15) is 25.5 Å². The van der Waals surface area contributed by atoms with Gasteiger partial charge < -0.3 is 9.47 Å². The first-order valence-corrected chi connectivity index (χ1v) is 10.7. The van der Waals surface area contributed by atoms with Crippen LogP contribution >= 0.6 is 27.5 Å². The Bertz CT molecular complexity index is 1080. The molecule has 32 heavy (non-hydrogen) atoms. The number of hydrogen-bond donors (Lipinski definition) is 0. The molecule has 1 fully saturated rings. The zero-order valence-corrected chi connectivity index (χ0v) is 19.3. The lowest BCUT2D eigenvalue weighted by atomic mass is 10.1. The number of alkyl halides is 3. The van der Waals surface area contributed by atoms with Crippen LogP contribution in [-0.4, -0.2) is 12.1 Å². The minimum atomic E-state index is -4.68. The number of rotatable bonds is 6. The van der Waals surface area contributed by atoms with E-state index in [2.05, 4.69) is 15.9 Å². The zero-order chi connectivity index (χ0) is 23.7. The number of carbonyl (C=O) groups is 1. The first kappa shape index (κ1) is 24.1. The molecule has 0 aromatic heterocycles. The standard InChI is InChI=1S/C23H18BrClF3NO3/c1-22(2)17(11-19(25)23(26,27)28)20(22)21(30)32-18(12-29)13-4-3-5-16(10-13)31-15-8-6-14(24)7-9-15/h3-11,17-18,20H,1-2H3/b19-11-/t17-,18?,20-/m1/s1. The van der Waals surface area contributed by atoms with E-state index in [4.69, 9.17) is 21.1 Å². The fraction of sp³-hybridized carbons (Fsp3) is 0.304. The predicted octanol–water partition coefficient (Wildman–Crippen LogP) is 7.31. The summed E-state index contributed by atoms with van der Waals surface area (Å²) in [5, 5.41) is 8.26. The number of hydrogen-bond acceptors (Lipinski definition) is 4. The molecule has 1 aliphatic rings. The molecule has 0 heterocycles. The third kappa shape index (κ3) is 5.45. The van der Waals surface area contributed by atoms with Crippen molar-refractivity contribution in [2.24, 2.45) is 17.3 Å². The quantitative estimate of drug-likeness (QED) is 0.369. The molecule has 1 aliphatic carbocycles. The van der Waals surface area contributed by atoms with E-state index in [0.717, 1.165) is 10.5 Å². The SMILES string of the molecule is CC1(C)[C@H](/C=C(\Cl)C(F)(F)F)[C@@H]1C(=O)OC(C#N)c1cccc(Oc2ccc(Br)cc2)c1. The van der Waals surface area contributed by atoms with Gasteiger partial charge in [-0.15, -0.1) is 0 Å². The highest BCUT2D eigenvalue weighted by Gasteiger charge is 2.62. The minimum Gasteiger partial charge on any atom is -0.457 e. The molecular weight excluding hydrogens is 511 g/mol. The Morgan fingerprint density at radius 3 is 2.47 bits per heavy atom. The van der Waals surface area contributed by atoms with Crippen LogP contribution in [0.2, 0.25) is 0 Å². The fourth-order valence-electron chi connectivity index (χ4n) is 3.43. The van der Waals surface area contributed by atoms with Gasteiger partial charge in [-0.25, -0.2) is 0 Å². The number of nitriles is 1. The first-order valence-electron chi connectivity index (χ1n) is 9.51. The second-order valence-electron chi connectivity index (χ2n) is 7.91. The van der Waals surface area contributed by atoms with E-state index in [1.165, 1.54) is 0 Å². The van der Waals surface area contributed by atoms with Crippen LogP contribution in [0.4, 0.5) is 13.2 Å². The van der Waals surface area contributed by atoms with Crippen LogP contribution in [0.3, 0.4) is 0 Å². The smallest absolute Gasteiger partial charge is 0.426 e. The van der Waals surface area contributed by atoms with Crippen LogP contribution in [0.15, 0.2) is 64.1 Å². The van der Waals surface area contributed by atoms with E-state index in [1.54, 1.807) is 50.2 Å². The summed E-state index contributed by atoms with van der Waals surface area (Å²) in [7, 11) is 0. The lowest BCUT2D eigenvalue weighted by molar-refractivity contribution is -0.149. The lowest BCUT2D eigenvalue weighted by Gasteiger charge is -2.13. The van der Waals surface area contributed by atoms with Crippen molar-refractivity contribution < 1.29 is 27.4 Å². The second-order valence-corrected chi connectivity index (χ2v) is 9.23. The molecule has 2 aromatic rings. The van der Waals surface area contributed by atoms with E-state index in [-0.39, 0.29) is 0 Å². The van der Waals surface area contributed by atoms with Gasteiger partial charge >= 0.3 is 12.1 Å². The first-order chi connectivity index (χ1) is 14.9. The predicted molar refractivity (Wildman–Crippen MR) is 116 cm³/mol. The fourth-order valence-corrected chi connectivity index (χ4v) is 3.83. The van der Waals surface area contributed by atoms with E-state index >= 15 is 0 Å². The summed E-state index contributed by atoms with van der Waals surface area (Å²) in [5.74, 6) is -1.32. The number of benzene rings is 2. The molecule has 2 aromatic carbocycles. The molecular formula is C23H18BrClF3NO3. The van der Waals surface area contributed by atoms with Gasteiger partial charge in [-0.05, 0) is 47.7 Å². The van der Waals surface area contributed by atoms with Crippen LogP contribution in [0.25, 0.3) is 0 Å². The topological polar surface area (TPSA) is 59.3 Å². The largest absolute Gasteiger partial charge is 0.457 e. The third-order valence-corrected chi connectivity index (χ3v) is 6.19. The number of ether oxygens (including phenoxy) is 2. The zero-order valence-electron chi connectivity index (χ0n) is 17.0. The molecule has 0 bridgehead atoms. The average molecular weight is 529 g/mol. The van der Waals surface area contributed by atoms with Crippen molar-refractivity contribution in [3.8, 4) is 17.6 Å². The normalized spacial score (nSPS) is 20.8. The molecule has 0 saturated heterocycles. The van der Waals surface area contributed by atoms with Gasteiger partial charge in [-0.2, -0.15) is 18.4 Å². The van der Waals surface area contributed by atoms with Gasteiger partial charge in [-0.3, -0.25) is 4.79 Å². The average Bonchev–Trinajstić information content (AvgIpc) is 3.27. The monoisotopic (exact) mass is 527 g/mol. The number of carbonyl (C=O) groups excluding carboxylic acids is 1. The van der Waals surface area contributed by atoms with Crippen molar-refractivity contribution in [3.05, 3.63) is 69.7 Å². The van der Waals surface area contributed by atoms with Crippen molar-refractivity contribution in [2.45, 2.75) is 26.1 Å². The molecule has 0 N–H and O–H groups in total. The molecule has 9 heteroatoms. The third-order valence-electron chi connectivity index (χ3n) is 5.32. The number of allylic oxidation sites excluding steroid dienone is 2. The molecule has 0 aliphatic heterocycles. The van der Waals surface area contributed by atoms with Gasteiger partial charge in [0.05, 0.1) is 5.92 Å². The maximum atomic E-state index is 12.7. The van der Waals surface area contributed by atoms with Gasteiger partial charge in [0.1, 0.15) is 22.6 Å². The highest BCUT2D eigenvalue weighted by Crippen LogP contribution is 2.60. The van der Waals surface area contributed by atoms with Gasteiger partial charge in [0.25, 0.3) is 0 Å². The Kier molecular flexibility index (Phi) is 6.91. The molecule has 3 atom stereocenters. The van der Waals surface area contributed by atoms with Crippen molar-refractivity contribution in [3.63, 3.8) is 0 Å². The van der Waals surface area contributed by atoms with Crippen LogP contribution in [-0.2, 0) is 9.53 Å². The van der Waals surface area contributed by atoms with Crippen molar-refractivity contribution in [1.29, 1.82) is 5.26 Å². The Morgan fingerprint density at radius 1 is 1.22 bits per heavy atom. The van der Waals surface area contributed by atoms with Crippen molar-refractivity contribution in [1.82, 2.24) is 0 Å². The van der Waals surface area contributed by atoms with Crippen molar-refractivity contribution in [2.75, 3.05) is 0 Å². The molecule has 1 saturated carbocycles. The number of halogens is 5. The molecule has 0 spiro atoms. The lowest BCUT2D eigenvalue weighted by Crippen LogP contribution is -2.14. The summed E-state index contributed by atoms with van der Waals surface area (Å²) >= 11 is 8.66. The van der Waals surface area contributed by atoms with E-state index in [9.17, 15) is 23.2 Å². The van der Waals surface area contributed by atoms with Gasteiger partial charge in [0.2, 0.25) is 6.10 Å². The second kappa shape index (κ2) is 9.16. The molecule has 0 amide bonds. The van der Waals surface area contributed by atoms with E-state index in [0.29, 0.717) is 17.1 Å². The summed E-state index contributed by atoms with van der Waals surface area (Å²) in [6.45, 7) is 3.30. The molecule has 0 radical (unpaired) electrons. The molecule has 168 valence electrons. The maximum Gasteiger partial charge on any atom is 0.426 e. The maximum absolute atomic E-state index is 12.7. The summed E-state index contributed by atoms with van der Waals surface area (Å²) in [5.41, 5.74) is -0.385. The number of esters is 1. The van der Waals surface area contributed by atoms with E-state index in [1.807, 2.05) is 18.2 Å². The van der Waals surface area contributed by atoms with Gasteiger partial charge in [-0.1, -0.05) is 59.6 Å². The Morgan fingerprint density at radius 2 is 1.88 bits per heavy atom. The molecule has 4 nitrogen and oxygen atoms in total. The number of nitrogens with zero attached hydrogens (tertiary/aromatic N) is 1. The summed E-state index contributed by atoms with van der Waals surface area (Å²) in [4.78, 5) is 12.7. The Balaban J connectivity index is 1.72. The summed E-state index contributed by atoms with van der Waals surface area (Å²) in [6, 6.07) is 15.6.